The third-order valence-electron chi connectivity index (χ3n) is 4.20. The van der Waals surface area contributed by atoms with Crippen LogP contribution in [-0.2, 0) is 10.0 Å². The van der Waals surface area contributed by atoms with Crippen molar-refractivity contribution in [3.8, 4) is 5.75 Å². The molecule has 2 aromatic carbocycles. The molecule has 4 nitrogen and oxygen atoms in total. The number of hydrogen-bond acceptors (Lipinski definition) is 3. The van der Waals surface area contributed by atoms with Gasteiger partial charge in [0.05, 0.1) is 12.0 Å². The van der Waals surface area contributed by atoms with E-state index in [0.717, 1.165) is 16.7 Å². The summed E-state index contributed by atoms with van der Waals surface area (Å²) in [6, 6.07) is 9.03. The highest BCUT2D eigenvalue weighted by molar-refractivity contribution is 7.92. The second-order valence-corrected chi connectivity index (χ2v) is 8.07. The highest BCUT2D eigenvalue weighted by Gasteiger charge is 2.21. The van der Waals surface area contributed by atoms with Crippen LogP contribution in [0.15, 0.2) is 35.2 Å². The fourth-order valence-electron chi connectivity index (χ4n) is 2.61. The minimum absolute atomic E-state index is 0.163. The first-order valence-electron chi connectivity index (χ1n) is 7.94. The molecule has 0 fully saturated rings. The van der Waals surface area contributed by atoms with Crippen LogP contribution >= 0.6 is 0 Å². The largest absolute Gasteiger partial charge is 0.496 e. The first-order chi connectivity index (χ1) is 11.2. The number of nitrogens with one attached hydrogen (secondary N) is 1. The summed E-state index contributed by atoms with van der Waals surface area (Å²) >= 11 is 0. The Morgan fingerprint density at radius 3 is 2.17 bits per heavy atom. The zero-order valence-corrected chi connectivity index (χ0v) is 15.9. The van der Waals surface area contributed by atoms with Crippen LogP contribution in [0.1, 0.15) is 42.0 Å². The predicted molar refractivity (Wildman–Crippen MR) is 98.5 cm³/mol. The molecule has 2 rings (SSSR count). The fourth-order valence-corrected chi connectivity index (χ4v) is 3.92. The molecule has 0 bridgehead atoms. The normalized spacial score (nSPS) is 11.6. The standard InChI is InChI=1S/C19H25NO3S/c1-12(2)17-11-19(15(5)10-18(17)23-6)24(21,22)20-16-8-7-13(3)14(4)9-16/h7-12,20H,1-6H3. The Bertz CT molecular complexity index is 855. The molecule has 0 aliphatic heterocycles. The van der Waals surface area contributed by atoms with Crippen LogP contribution < -0.4 is 9.46 Å². The molecule has 24 heavy (non-hydrogen) atoms. The maximum Gasteiger partial charge on any atom is 0.262 e. The number of ether oxygens (including phenoxy) is 1. The topological polar surface area (TPSA) is 55.4 Å². The Balaban J connectivity index is 2.48. The van der Waals surface area contributed by atoms with E-state index in [4.69, 9.17) is 4.74 Å². The quantitative estimate of drug-likeness (QED) is 0.863. The summed E-state index contributed by atoms with van der Waals surface area (Å²) < 4.78 is 33.7. The number of aryl methyl sites for hydroxylation is 3. The van der Waals surface area contributed by atoms with Crippen molar-refractivity contribution in [1.29, 1.82) is 0 Å². The molecule has 0 radical (unpaired) electrons. The monoisotopic (exact) mass is 347 g/mol. The van der Waals surface area contributed by atoms with Crippen LogP contribution in [0.5, 0.6) is 5.75 Å². The van der Waals surface area contributed by atoms with E-state index in [0.29, 0.717) is 17.0 Å². The van der Waals surface area contributed by atoms with Crippen LogP contribution in [0.2, 0.25) is 0 Å². The Hall–Kier alpha value is -2.01. The SMILES string of the molecule is COc1cc(C)c(S(=O)(=O)Nc2ccc(C)c(C)c2)cc1C(C)C. The summed E-state index contributed by atoms with van der Waals surface area (Å²) in [6.07, 6.45) is 0. The zero-order valence-electron chi connectivity index (χ0n) is 15.1. The van der Waals surface area contributed by atoms with Gasteiger partial charge in [-0.2, -0.15) is 0 Å². The summed E-state index contributed by atoms with van der Waals surface area (Å²) in [7, 11) is -2.06. The van der Waals surface area contributed by atoms with Crippen molar-refractivity contribution in [2.24, 2.45) is 0 Å². The Morgan fingerprint density at radius 1 is 0.958 bits per heavy atom. The number of methoxy groups -OCH3 is 1. The van der Waals surface area contributed by atoms with Gasteiger partial charge >= 0.3 is 0 Å². The third-order valence-corrected chi connectivity index (χ3v) is 5.72. The van der Waals surface area contributed by atoms with Crippen LogP contribution in [0.3, 0.4) is 0 Å². The number of hydrogen-bond donors (Lipinski definition) is 1. The van der Waals surface area contributed by atoms with E-state index in [1.807, 2.05) is 39.8 Å². The lowest BCUT2D eigenvalue weighted by Crippen LogP contribution is -2.15. The van der Waals surface area contributed by atoms with Crippen LogP contribution in [0.25, 0.3) is 0 Å². The van der Waals surface area contributed by atoms with Crippen molar-refractivity contribution in [3.05, 3.63) is 52.6 Å². The van der Waals surface area contributed by atoms with Crippen LogP contribution in [0.4, 0.5) is 5.69 Å². The summed E-state index contributed by atoms with van der Waals surface area (Å²) in [5.74, 6) is 0.878. The Kier molecular flexibility index (Phi) is 5.23. The lowest BCUT2D eigenvalue weighted by molar-refractivity contribution is 0.406. The van der Waals surface area contributed by atoms with Crippen molar-refractivity contribution < 1.29 is 13.2 Å². The zero-order chi connectivity index (χ0) is 18.1. The van der Waals surface area contributed by atoms with E-state index in [9.17, 15) is 8.42 Å². The highest BCUT2D eigenvalue weighted by atomic mass is 32.2. The lowest BCUT2D eigenvalue weighted by atomic mass is 10.0. The molecular weight excluding hydrogens is 322 g/mol. The van der Waals surface area contributed by atoms with Gasteiger partial charge in [-0.05, 0) is 73.2 Å². The summed E-state index contributed by atoms with van der Waals surface area (Å²) in [4.78, 5) is 0.283. The third kappa shape index (κ3) is 3.73. The summed E-state index contributed by atoms with van der Waals surface area (Å²) in [5.41, 5.74) is 4.28. The average Bonchev–Trinajstić information content (AvgIpc) is 2.49. The minimum Gasteiger partial charge on any atom is -0.496 e. The molecule has 0 saturated carbocycles. The smallest absolute Gasteiger partial charge is 0.262 e. The molecule has 0 aromatic heterocycles. The van der Waals surface area contributed by atoms with E-state index < -0.39 is 10.0 Å². The molecular formula is C19H25NO3S. The fraction of sp³-hybridized carbons (Fsp3) is 0.368. The van der Waals surface area contributed by atoms with Crippen molar-refractivity contribution in [3.63, 3.8) is 0 Å². The van der Waals surface area contributed by atoms with E-state index in [1.54, 1.807) is 32.2 Å². The molecule has 130 valence electrons. The molecule has 0 amide bonds. The molecule has 2 aromatic rings. The average molecular weight is 347 g/mol. The predicted octanol–water partition coefficient (Wildman–Crippen LogP) is 4.54. The second-order valence-electron chi connectivity index (χ2n) is 6.42. The molecule has 0 heterocycles. The Labute approximate surface area is 144 Å². The van der Waals surface area contributed by atoms with Crippen molar-refractivity contribution >= 4 is 15.7 Å². The number of benzene rings is 2. The van der Waals surface area contributed by atoms with E-state index in [2.05, 4.69) is 4.72 Å². The summed E-state index contributed by atoms with van der Waals surface area (Å²) in [6.45, 7) is 9.76. The van der Waals surface area contributed by atoms with Gasteiger partial charge in [0.25, 0.3) is 10.0 Å². The van der Waals surface area contributed by atoms with Gasteiger partial charge in [-0.1, -0.05) is 19.9 Å². The maximum absolute atomic E-state index is 12.8. The van der Waals surface area contributed by atoms with Gasteiger partial charge in [-0.3, -0.25) is 4.72 Å². The van der Waals surface area contributed by atoms with Gasteiger partial charge in [-0.15, -0.1) is 0 Å². The second kappa shape index (κ2) is 6.85. The van der Waals surface area contributed by atoms with Gasteiger partial charge in [-0.25, -0.2) is 8.42 Å². The van der Waals surface area contributed by atoms with Gasteiger partial charge < -0.3 is 4.74 Å². The van der Waals surface area contributed by atoms with Gasteiger partial charge in [0.1, 0.15) is 5.75 Å². The molecule has 0 atom stereocenters. The van der Waals surface area contributed by atoms with Crippen LogP contribution in [0, 0.1) is 20.8 Å². The van der Waals surface area contributed by atoms with E-state index >= 15 is 0 Å². The molecule has 0 saturated heterocycles. The molecule has 1 N–H and O–H groups in total. The number of anilines is 1. The van der Waals surface area contributed by atoms with Crippen molar-refractivity contribution in [2.45, 2.75) is 45.4 Å². The molecule has 5 heteroatoms. The maximum atomic E-state index is 12.8. The van der Waals surface area contributed by atoms with E-state index in [-0.39, 0.29) is 10.8 Å². The lowest BCUT2D eigenvalue weighted by Gasteiger charge is -2.17. The van der Waals surface area contributed by atoms with Crippen molar-refractivity contribution in [1.82, 2.24) is 0 Å². The summed E-state index contributed by atoms with van der Waals surface area (Å²) in [5, 5.41) is 0. The highest BCUT2D eigenvalue weighted by Crippen LogP contribution is 2.32. The Morgan fingerprint density at radius 2 is 1.62 bits per heavy atom. The molecule has 0 unspecified atom stereocenters. The van der Waals surface area contributed by atoms with E-state index in [1.165, 1.54) is 0 Å². The molecule has 0 aliphatic carbocycles. The van der Waals surface area contributed by atoms with Crippen LogP contribution in [-0.4, -0.2) is 15.5 Å². The van der Waals surface area contributed by atoms with Crippen molar-refractivity contribution in [2.75, 3.05) is 11.8 Å². The first-order valence-corrected chi connectivity index (χ1v) is 9.42. The van der Waals surface area contributed by atoms with Gasteiger partial charge in [0.15, 0.2) is 0 Å². The molecule has 0 spiro atoms. The van der Waals surface area contributed by atoms with Gasteiger partial charge in [0, 0.05) is 5.69 Å². The number of rotatable bonds is 5. The first kappa shape index (κ1) is 18.3. The number of sulfonamides is 1. The minimum atomic E-state index is -3.66. The van der Waals surface area contributed by atoms with Gasteiger partial charge in [0.2, 0.25) is 0 Å². The molecule has 0 aliphatic rings.